The van der Waals surface area contributed by atoms with Crippen LogP contribution in [0.5, 0.6) is 0 Å². The molecule has 0 aromatic heterocycles. The van der Waals surface area contributed by atoms with Gasteiger partial charge in [-0.2, -0.15) is 0 Å². The average Bonchev–Trinajstić information content (AvgIpc) is 2.57. The summed E-state index contributed by atoms with van der Waals surface area (Å²) in [6.45, 7) is 1.72. The van der Waals surface area contributed by atoms with Crippen molar-refractivity contribution < 1.29 is 0 Å². The van der Waals surface area contributed by atoms with Crippen molar-refractivity contribution in [2.45, 2.75) is 13.3 Å². The van der Waals surface area contributed by atoms with Crippen molar-refractivity contribution >= 4 is 16.7 Å². The second-order valence-electron chi connectivity index (χ2n) is 2.86. The van der Waals surface area contributed by atoms with Gasteiger partial charge in [0.25, 0.3) is 0 Å². The Morgan fingerprint density at radius 2 is 2.08 bits per heavy atom. The smallest absolute Gasteiger partial charge is 0.234 e. The molecule has 1 heterocycles. The Balaban J connectivity index is 2.49. The van der Waals surface area contributed by atoms with Gasteiger partial charge in [0.2, 0.25) is 10.9 Å². The fourth-order valence-corrected chi connectivity index (χ4v) is 2.48. The lowest BCUT2D eigenvalue weighted by atomic mass is 10.0. The van der Waals surface area contributed by atoms with Gasteiger partial charge in [0.15, 0.2) is 0 Å². The predicted molar refractivity (Wildman–Crippen MR) is 51.1 cm³/mol. The maximum Gasteiger partial charge on any atom is 0.234 e. The highest BCUT2D eigenvalue weighted by Crippen LogP contribution is 2.33. The van der Waals surface area contributed by atoms with Crippen LogP contribution in [0.1, 0.15) is 17.5 Å². The van der Waals surface area contributed by atoms with E-state index in [9.17, 15) is 9.59 Å². The standard InChI is InChI=1S/C9H8O2S/c1-5-7(9(11)8(5)10)6-3-2-4-12-6/h3H,2,4H2,1H3. The van der Waals surface area contributed by atoms with Crippen LogP contribution in [0, 0.1) is 6.92 Å². The van der Waals surface area contributed by atoms with Crippen molar-refractivity contribution in [2.24, 2.45) is 0 Å². The molecule has 0 radical (unpaired) electrons. The maximum atomic E-state index is 11.1. The van der Waals surface area contributed by atoms with E-state index in [1.807, 2.05) is 6.08 Å². The van der Waals surface area contributed by atoms with E-state index in [0.29, 0.717) is 11.1 Å². The predicted octanol–water partition coefficient (Wildman–Crippen LogP) is 1.07. The van der Waals surface area contributed by atoms with E-state index >= 15 is 0 Å². The first-order chi connectivity index (χ1) is 5.72. The molecule has 0 aliphatic carbocycles. The lowest BCUT2D eigenvalue weighted by molar-refractivity contribution is 1.24. The van der Waals surface area contributed by atoms with Gasteiger partial charge in [-0.1, -0.05) is 6.08 Å². The van der Waals surface area contributed by atoms with Gasteiger partial charge in [-0.15, -0.1) is 11.8 Å². The third kappa shape index (κ3) is 0.894. The van der Waals surface area contributed by atoms with Gasteiger partial charge >= 0.3 is 0 Å². The van der Waals surface area contributed by atoms with Crippen LogP contribution >= 0.6 is 11.8 Å². The molecule has 62 valence electrons. The first-order valence-corrected chi connectivity index (χ1v) is 4.83. The zero-order valence-corrected chi connectivity index (χ0v) is 7.53. The second kappa shape index (κ2) is 2.59. The number of hydrogen-bond donors (Lipinski definition) is 0. The Kier molecular flexibility index (Phi) is 1.68. The van der Waals surface area contributed by atoms with E-state index in [-0.39, 0.29) is 10.9 Å². The molecule has 0 bridgehead atoms. The van der Waals surface area contributed by atoms with Gasteiger partial charge < -0.3 is 0 Å². The minimum absolute atomic E-state index is 0.298. The minimum atomic E-state index is -0.307. The Bertz CT molecular complexity index is 422. The molecular formula is C9H8O2S. The molecule has 1 aromatic rings. The number of thioether (sulfide) groups is 1. The second-order valence-corrected chi connectivity index (χ2v) is 4.00. The van der Waals surface area contributed by atoms with E-state index < -0.39 is 0 Å². The number of rotatable bonds is 1. The zero-order chi connectivity index (χ0) is 8.72. The van der Waals surface area contributed by atoms with Crippen molar-refractivity contribution in [1.29, 1.82) is 0 Å². The summed E-state index contributed by atoms with van der Waals surface area (Å²) in [6.07, 6.45) is 3.05. The van der Waals surface area contributed by atoms with Gasteiger partial charge in [0, 0.05) is 21.8 Å². The third-order valence-corrected chi connectivity index (χ3v) is 3.22. The van der Waals surface area contributed by atoms with Crippen molar-refractivity contribution in [3.63, 3.8) is 0 Å². The molecule has 0 fully saturated rings. The molecule has 0 spiro atoms. The highest BCUT2D eigenvalue weighted by atomic mass is 32.2. The van der Waals surface area contributed by atoms with Crippen LogP contribution in [0.3, 0.4) is 0 Å². The molecule has 0 saturated carbocycles. The SMILES string of the molecule is Cc1c(C2=CCCS2)c(=O)c1=O. The minimum Gasteiger partial charge on any atom is -0.285 e. The van der Waals surface area contributed by atoms with Gasteiger partial charge in [-0.05, 0) is 13.3 Å². The van der Waals surface area contributed by atoms with Crippen LogP contribution in [0.25, 0.3) is 4.91 Å². The normalized spacial score (nSPS) is 16.9. The Morgan fingerprint density at radius 3 is 2.58 bits per heavy atom. The average molecular weight is 180 g/mol. The molecule has 0 unspecified atom stereocenters. The summed E-state index contributed by atoms with van der Waals surface area (Å²) in [5.74, 6) is 1.04. The van der Waals surface area contributed by atoms with Crippen LogP contribution < -0.4 is 10.9 Å². The van der Waals surface area contributed by atoms with E-state index in [4.69, 9.17) is 0 Å². The summed E-state index contributed by atoms with van der Waals surface area (Å²) in [5, 5.41) is 0. The Morgan fingerprint density at radius 1 is 1.33 bits per heavy atom. The van der Waals surface area contributed by atoms with E-state index in [1.165, 1.54) is 0 Å². The summed E-state index contributed by atoms with van der Waals surface area (Å²) in [7, 11) is 0. The van der Waals surface area contributed by atoms with Crippen LogP contribution in [-0.4, -0.2) is 5.75 Å². The summed E-state index contributed by atoms with van der Waals surface area (Å²) < 4.78 is 0. The van der Waals surface area contributed by atoms with E-state index in [0.717, 1.165) is 17.1 Å². The summed E-state index contributed by atoms with van der Waals surface area (Å²) in [6, 6.07) is 0. The molecule has 0 saturated heterocycles. The lowest BCUT2D eigenvalue weighted by Crippen LogP contribution is -2.37. The van der Waals surface area contributed by atoms with Crippen molar-refractivity contribution in [3.8, 4) is 0 Å². The molecule has 2 nitrogen and oxygen atoms in total. The lowest BCUT2D eigenvalue weighted by Gasteiger charge is -2.05. The molecule has 3 heteroatoms. The summed E-state index contributed by atoms with van der Waals surface area (Å²) in [4.78, 5) is 23.0. The molecule has 0 atom stereocenters. The Hall–Kier alpha value is -0.830. The monoisotopic (exact) mass is 180 g/mol. The molecule has 0 amide bonds. The summed E-state index contributed by atoms with van der Waals surface area (Å²) in [5.41, 5.74) is 0.703. The molecule has 0 N–H and O–H groups in total. The van der Waals surface area contributed by atoms with Crippen LogP contribution in [0.4, 0.5) is 0 Å². The quantitative estimate of drug-likeness (QED) is 0.606. The highest BCUT2D eigenvalue weighted by Gasteiger charge is 2.21. The van der Waals surface area contributed by atoms with E-state index in [2.05, 4.69) is 0 Å². The third-order valence-electron chi connectivity index (χ3n) is 2.10. The van der Waals surface area contributed by atoms with Gasteiger partial charge in [-0.3, -0.25) is 9.59 Å². The Labute approximate surface area is 74.0 Å². The fraction of sp³-hybridized carbons (Fsp3) is 0.333. The number of allylic oxidation sites excluding steroid dienone is 1. The fourth-order valence-electron chi connectivity index (χ4n) is 1.39. The molecular weight excluding hydrogens is 172 g/mol. The molecule has 2 rings (SSSR count). The first kappa shape index (κ1) is 7.80. The van der Waals surface area contributed by atoms with Crippen LogP contribution in [0.15, 0.2) is 15.7 Å². The van der Waals surface area contributed by atoms with Crippen molar-refractivity contribution in [1.82, 2.24) is 0 Å². The van der Waals surface area contributed by atoms with Crippen LogP contribution in [0.2, 0.25) is 0 Å². The summed E-state index contributed by atoms with van der Waals surface area (Å²) >= 11 is 1.67. The van der Waals surface area contributed by atoms with Crippen LogP contribution in [-0.2, 0) is 0 Å². The molecule has 12 heavy (non-hydrogen) atoms. The van der Waals surface area contributed by atoms with Gasteiger partial charge in [0.1, 0.15) is 0 Å². The molecule has 1 aromatic carbocycles. The maximum absolute atomic E-state index is 11.1. The van der Waals surface area contributed by atoms with Crippen molar-refractivity contribution in [2.75, 3.05) is 5.75 Å². The van der Waals surface area contributed by atoms with Gasteiger partial charge in [-0.25, -0.2) is 0 Å². The highest BCUT2D eigenvalue weighted by molar-refractivity contribution is 8.08. The largest absolute Gasteiger partial charge is 0.285 e. The van der Waals surface area contributed by atoms with Gasteiger partial charge in [0.05, 0.1) is 0 Å². The topological polar surface area (TPSA) is 34.1 Å². The first-order valence-electron chi connectivity index (χ1n) is 3.85. The molecule has 1 aliphatic heterocycles. The van der Waals surface area contributed by atoms with E-state index in [1.54, 1.807) is 18.7 Å². The van der Waals surface area contributed by atoms with Crippen molar-refractivity contribution in [3.05, 3.63) is 37.6 Å². The zero-order valence-electron chi connectivity index (χ0n) is 6.72. The molecule has 1 aliphatic rings. The number of hydrogen-bond acceptors (Lipinski definition) is 3.